The summed E-state index contributed by atoms with van der Waals surface area (Å²) in [6, 6.07) is 0. The van der Waals surface area contributed by atoms with Crippen molar-refractivity contribution in [3.8, 4) is 0 Å². The molecule has 1 heterocycles. The van der Waals surface area contributed by atoms with Crippen molar-refractivity contribution in [2.75, 3.05) is 0 Å². The number of hydrogen-bond donors (Lipinski definition) is 1. The van der Waals surface area contributed by atoms with Gasteiger partial charge in [0.1, 0.15) is 5.78 Å². The molecule has 0 saturated carbocycles. The van der Waals surface area contributed by atoms with Gasteiger partial charge in [0.15, 0.2) is 0 Å². The lowest BCUT2D eigenvalue weighted by atomic mass is 9.56. The molecule has 0 aliphatic carbocycles. The predicted octanol–water partition coefficient (Wildman–Crippen LogP) is 2.14. The van der Waals surface area contributed by atoms with E-state index in [1.807, 2.05) is 20.8 Å². The summed E-state index contributed by atoms with van der Waals surface area (Å²) in [5, 5.41) is 9.55. The Morgan fingerprint density at radius 1 is 1.54 bits per heavy atom. The quantitative estimate of drug-likeness (QED) is 0.664. The zero-order valence-corrected chi connectivity index (χ0v) is 8.84. The van der Waals surface area contributed by atoms with Gasteiger partial charge in [-0.05, 0) is 12.1 Å². The number of ketones is 1. The number of hydrogen-bond acceptors (Lipinski definition) is 2. The van der Waals surface area contributed by atoms with Gasteiger partial charge in [-0.2, -0.15) is 0 Å². The lowest BCUT2D eigenvalue weighted by Gasteiger charge is -2.19. The second-order valence-electron chi connectivity index (χ2n) is 5.14. The maximum atomic E-state index is 11.7. The topological polar surface area (TPSA) is 37.3 Å². The Balaban J connectivity index is 2.45. The maximum Gasteiger partial charge on any atom is 0.292 e. The molecule has 2 nitrogen and oxygen atoms in total. The fraction of sp³-hybridized carbons (Fsp3) is 0.900. The highest BCUT2D eigenvalue weighted by atomic mass is 16.2. The molecule has 1 aliphatic heterocycles. The predicted molar refractivity (Wildman–Crippen MR) is 54.8 cm³/mol. The third-order valence-electron chi connectivity index (χ3n) is 2.90. The fourth-order valence-electron chi connectivity index (χ4n) is 1.80. The van der Waals surface area contributed by atoms with Gasteiger partial charge in [-0.1, -0.05) is 33.6 Å². The van der Waals surface area contributed by atoms with Gasteiger partial charge in [0, 0.05) is 11.8 Å². The average molecular weight is 182 g/mol. The zero-order valence-electron chi connectivity index (χ0n) is 8.84. The third kappa shape index (κ3) is 2.83. The summed E-state index contributed by atoms with van der Waals surface area (Å²) in [4.78, 5) is 11.7. The number of rotatable bonds is 2. The molecule has 0 aromatic rings. The summed E-state index contributed by atoms with van der Waals surface area (Å²) in [5.74, 6) is 0.505. The Bertz CT molecular complexity index is 196. The number of carbonyl (C=O) groups is 1. The normalized spacial score (nSPS) is 23.7. The second-order valence-corrected chi connectivity index (χ2v) is 5.14. The summed E-state index contributed by atoms with van der Waals surface area (Å²) in [6.45, 7) is 5.59. The first-order valence-electron chi connectivity index (χ1n) is 5.12. The minimum Gasteiger partial charge on any atom is -0.450 e. The lowest BCUT2D eigenvalue weighted by Crippen LogP contribution is -2.25. The Hall–Kier alpha value is -0.305. The van der Waals surface area contributed by atoms with Gasteiger partial charge in [0.25, 0.3) is 6.92 Å². The van der Waals surface area contributed by atoms with E-state index in [1.165, 1.54) is 0 Å². The molecular formula is C10H19BO2. The van der Waals surface area contributed by atoms with Crippen molar-refractivity contribution in [1.82, 2.24) is 0 Å². The summed E-state index contributed by atoms with van der Waals surface area (Å²) in [7, 11) is 0. The van der Waals surface area contributed by atoms with Gasteiger partial charge in [0.05, 0.1) is 0 Å². The van der Waals surface area contributed by atoms with E-state index in [9.17, 15) is 9.82 Å². The van der Waals surface area contributed by atoms with Crippen LogP contribution in [-0.4, -0.2) is 17.7 Å². The number of carbonyl (C=O) groups excluding carboxylic acids is 1. The zero-order chi connectivity index (χ0) is 10.1. The second kappa shape index (κ2) is 3.83. The molecule has 0 amide bonds. The fourth-order valence-corrected chi connectivity index (χ4v) is 1.80. The first-order valence-corrected chi connectivity index (χ1v) is 5.12. The molecule has 0 aromatic heterocycles. The molecule has 74 valence electrons. The molecule has 1 saturated heterocycles. The van der Waals surface area contributed by atoms with Gasteiger partial charge in [-0.25, -0.2) is 0 Å². The highest BCUT2D eigenvalue weighted by Gasteiger charge is 2.34. The summed E-state index contributed by atoms with van der Waals surface area (Å²) in [6.07, 6.45) is 3.53. The van der Waals surface area contributed by atoms with Gasteiger partial charge >= 0.3 is 0 Å². The van der Waals surface area contributed by atoms with Gasteiger partial charge in [0.2, 0.25) is 0 Å². The van der Waals surface area contributed by atoms with Crippen molar-refractivity contribution in [2.45, 2.75) is 52.2 Å². The van der Waals surface area contributed by atoms with Crippen LogP contribution in [0.3, 0.4) is 0 Å². The van der Waals surface area contributed by atoms with Crippen molar-refractivity contribution < 1.29 is 9.82 Å². The molecule has 1 fully saturated rings. The summed E-state index contributed by atoms with van der Waals surface area (Å²) >= 11 is 0. The van der Waals surface area contributed by atoms with E-state index in [2.05, 4.69) is 0 Å². The molecular weight excluding hydrogens is 163 g/mol. The van der Waals surface area contributed by atoms with Crippen LogP contribution in [0.2, 0.25) is 12.1 Å². The Kier molecular flexibility index (Phi) is 3.17. The van der Waals surface area contributed by atoms with Gasteiger partial charge < -0.3 is 5.02 Å². The van der Waals surface area contributed by atoms with Gasteiger partial charge in [-0.3, -0.25) is 4.79 Å². The van der Waals surface area contributed by atoms with Crippen LogP contribution in [0.5, 0.6) is 0 Å². The van der Waals surface area contributed by atoms with Crippen LogP contribution in [-0.2, 0) is 4.79 Å². The van der Waals surface area contributed by atoms with Crippen LogP contribution >= 0.6 is 0 Å². The van der Waals surface area contributed by atoms with E-state index in [0.717, 1.165) is 19.2 Å². The molecule has 1 unspecified atom stereocenters. The number of Topliss-reactive ketones (excluding diaryl/α,β-unsaturated/α-hetero) is 1. The molecule has 13 heavy (non-hydrogen) atoms. The first-order chi connectivity index (χ1) is 5.91. The minimum atomic E-state index is -0.248. The van der Waals surface area contributed by atoms with Crippen molar-refractivity contribution in [1.29, 1.82) is 0 Å². The van der Waals surface area contributed by atoms with Crippen LogP contribution in [0.4, 0.5) is 0 Å². The summed E-state index contributed by atoms with van der Waals surface area (Å²) < 4.78 is 0. The molecule has 1 atom stereocenters. The molecule has 0 bridgehead atoms. The van der Waals surface area contributed by atoms with Crippen LogP contribution in [0.25, 0.3) is 0 Å². The minimum absolute atomic E-state index is 0.228. The van der Waals surface area contributed by atoms with E-state index in [-0.39, 0.29) is 23.9 Å². The first kappa shape index (κ1) is 10.8. The van der Waals surface area contributed by atoms with Gasteiger partial charge in [-0.15, -0.1) is 0 Å². The molecule has 3 heteroatoms. The molecule has 1 aliphatic rings. The van der Waals surface area contributed by atoms with Crippen molar-refractivity contribution in [3.63, 3.8) is 0 Å². The molecule has 1 rings (SSSR count). The van der Waals surface area contributed by atoms with E-state index in [1.54, 1.807) is 0 Å². The van der Waals surface area contributed by atoms with Crippen LogP contribution in [0.1, 0.15) is 40.0 Å². The van der Waals surface area contributed by atoms with Crippen LogP contribution < -0.4 is 0 Å². The van der Waals surface area contributed by atoms with Crippen molar-refractivity contribution >= 4 is 12.7 Å². The lowest BCUT2D eigenvalue weighted by molar-refractivity contribution is -0.126. The van der Waals surface area contributed by atoms with E-state index < -0.39 is 0 Å². The summed E-state index contributed by atoms with van der Waals surface area (Å²) in [5.41, 5.74) is -0.248. The Labute approximate surface area is 80.8 Å². The SMILES string of the molecule is CC(C)(C)C(=O)CC1CCCB1O. The Morgan fingerprint density at radius 2 is 2.15 bits per heavy atom. The highest BCUT2D eigenvalue weighted by molar-refractivity contribution is 6.53. The highest BCUT2D eigenvalue weighted by Crippen LogP contribution is 2.34. The van der Waals surface area contributed by atoms with Crippen molar-refractivity contribution in [3.05, 3.63) is 0 Å². The van der Waals surface area contributed by atoms with E-state index in [0.29, 0.717) is 6.42 Å². The molecule has 0 aromatic carbocycles. The molecule has 1 N–H and O–H groups in total. The third-order valence-corrected chi connectivity index (χ3v) is 2.90. The maximum absolute atomic E-state index is 11.7. The van der Waals surface area contributed by atoms with Crippen LogP contribution in [0.15, 0.2) is 0 Å². The van der Waals surface area contributed by atoms with Crippen molar-refractivity contribution in [2.24, 2.45) is 5.41 Å². The molecule has 0 spiro atoms. The smallest absolute Gasteiger partial charge is 0.292 e. The largest absolute Gasteiger partial charge is 0.450 e. The molecule has 0 radical (unpaired) electrons. The Morgan fingerprint density at radius 3 is 2.54 bits per heavy atom. The van der Waals surface area contributed by atoms with E-state index in [4.69, 9.17) is 0 Å². The van der Waals surface area contributed by atoms with E-state index >= 15 is 0 Å². The monoisotopic (exact) mass is 182 g/mol. The average Bonchev–Trinajstić information content (AvgIpc) is 2.34. The standard InChI is InChI=1S/C10H19BO2/c1-10(2,3)9(12)7-8-5-4-6-11(8)13/h8,13H,4-7H2,1-3H3. The van der Waals surface area contributed by atoms with Crippen LogP contribution in [0, 0.1) is 5.41 Å².